The number of carbonyl (C=O) groups excluding carboxylic acids is 1. The third-order valence-electron chi connectivity index (χ3n) is 8.47. The largest absolute Gasteiger partial charge is 0.457 e. The summed E-state index contributed by atoms with van der Waals surface area (Å²) >= 11 is 0. The molecule has 4 nitrogen and oxygen atoms in total. The molecule has 0 fully saturated rings. The maximum Gasteiger partial charge on any atom is 0.306 e. The molecule has 1 unspecified atom stereocenters. The highest BCUT2D eigenvalue weighted by Crippen LogP contribution is 2.11. The van der Waals surface area contributed by atoms with Crippen molar-refractivity contribution in [1.82, 2.24) is 0 Å². The molecule has 1 N–H and O–H groups in total. The molecule has 0 aliphatic carbocycles. The first-order chi connectivity index (χ1) is 27.2. The van der Waals surface area contributed by atoms with E-state index in [1.165, 1.54) is 25.7 Å². The monoisotopic (exact) mass is 757 g/mol. The van der Waals surface area contributed by atoms with Gasteiger partial charge in [-0.15, -0.1) is 0 Å². The fourth-order valence-corrected chi connectivity index (χ4v) is 5.31. The molecule has 0 saturated carbocycles. The molecule has 1 atom stereocenters. The third-order valence-corrected chi connectivity index (χ3v) is 8.47. The van der Waals surface area contributed by atoms with Gasteiger partial charge in [-0.25, -0.2) is 0 Å². The van der Waals surface area contributed by atoms with E-state index >= 15 is 0 Å². The Morgan fingerprint density at radius 2 is 0.764 bits per heavy atom. The van der Waals surface area contributed by atoms with Crippen LogP contribution < -0.4 is 0 Å². The Balaban J connectivity index is 3.63. The van der Waals surface area contributed by atoms with Crippen molar-refractivity contribution in [2.45, 2.75) is 161 Å². The first-order valence-electron chi connectivity index (χ1n) is 21.8. The summed E-state index contributed by atoms with van der Waals surface area (Å²) in [5.41, 5.74) is 0. The lowest BCUT2D eigenvalue weighted by Gasteiger charge is -2.15. The standard InChI is InChI=1S/C51H80O4/c1-3-5-7-9-11-13-15-17-19-21-23-25-26-27-28-30-32-34-36-38-40-42-44-46-51(53)55-50(48-52)49-54-47-45-43-41-39-37-35-33-31-29-24-22-20-18-16-14-12-10-8-6-4-2/h5-8,11-14,17-20,23-25,27-29,33,35,39,41,50,52H,3-4,9-10,15-16,21-22,26,30-32,34,36-38,40,42-49H2,1-2H3/b7-5-,8-6-,13-11-,14-12-,19-17-,20-18-,25-23-,28-27-,29-24-,35-33-,41-39-. The Morgan fingerprint density at radius 1 is 0.436 bits per heavy atom. The lowest BCUT2D eigenvalue weighted by atomic mass is 10.1. The number of unbranched alkanes of at least 4 members (excludes halogenated alkanes) is 8. The van der Waals surface area contributed by atoms with E-state index in [0.717, 1.165) is 109 Å². The molecular weight excluding hydrogens is 677 g/mol. The van der Waals surface area contributed by atoms with Crippen molar-refractivity contribution in [1.29, 1.82) is 0 Å². The zero-order valence-corrected chi connectivity index (χ0v) is 35.1. The summed E-state index contributed by atoms with van der Waals surface area (Å²) in [5.74, 6) is -0.238. The van der Waals surface area contributed by atoms with Crippen molar-refractivity contribution in [3.63, 3.8) is 0 Å². The molecule has 0 bridgehead atoms. The Hall–Kier alpha value is -3.47. The Bertz CT molecular complexity index is 1160. The van der Waals surface area contributed by atoms with Crippen molar-refractivity contribution in [2.24, 2.45) is 0 Å². The highest BCUT2D eigenvalue weighted by molar-refractivity contribution is 5.69. The van der Waals surface area contributed by atoms with Gasteiger partial charge in [-0.1, -0.05) is 180 Å². The van der Waals surface area contributed by atoms with Crippen molar-refractivity contribution >= 4 is 5.97 Å². The quantitative estimate of drug-likeness (QED) is 0.0387. The summed E-state index contributed by atoms with van der Waals surface area (Å²) in [4.78, 5) is 12.2. The van der Waals surface area contributed by atoms with Crippen molar-refractivity contribution in [3.8, 4) is 0 Å². The number of aliphatic hydroxyl groups is 1. The van der Waals surface area contributed by atoms with E-state index in [0.29, 0.717) is 13.0 Å². The number of carbonyl (C=O) groups is 1. The summed E-state index contributed by atoms with van der Waals surface area (Å²) in [5, 5.41) is 9.61. The second-order valence-electron chi connectivity index (χ2n) is 13.6. The van der Waals surface area contributed by atoms with E-state index in [2.05, 4.69) is 148 Å². The van der Waals surface area contributed by atoms with Gasteiger partial charge in [0.05, 0.1) is 13.2 Å². The van der Waals surface area contributed by atoms with Gasteiger partial charge in [0, 0.05) is 13.0 Å². The second kappa shape index (κ2) is 46.7. The van der Waals surface area contributed by atoms with E-state index in [1.807, 2.05) is 0 Å². The predicted molar refractivity (Wildman–Crippen MR) is 241 cm³/mol. The lowest BCUT2D eigenvalue weighted by molar-refractivity contribution is -0.154. The second-order valence-corrected chi connectivity index (χ2v) is 13.6. The van der Waals surface area contributed by atoms with E-state index in [9.17, 15) is 9.90 Å². The van der Waals surface area contributed by atoms with Gasteiger partial charge in [-0.2, -0.15) is 0 Å². The maximum atomic E-state index is 12.2. The summed E-state index contributed by atoms with van der Waals surface area (Å²) in [6, 6.07) is 0. The molecule has 0 heterocycles. The molecule has 0 aromatic carbocycles. The molecule has 0 saturated heterocycles. The van der Waals surface area contributed by atoms with E-state index in [1.54, 1.807) is 0 Å². The van der Waals surface area contributed by atoms with Crippen LogP contribution in [0.4, 0.5) is 0 Å². The van der Waals surface area contributed by atoms with Crippen LogP contribution in [0.2, 0.25) is 0 Å². The fourth-order valence-electron chi connectivity index (χ4n) is 5.31. The summed E-state index contributed by atoms with van der Waals surface area (Å²) in [6.45, 7) is 4.93. The number of aliphatic hydroxyl groups excluding tert-OH is 1. The zero-order valence-electron chi connectivity index (χ0n) is 35.1. The summed E-state index contributed by atoms with van der Waals surface area (Å²) < 4.78 is 11.1. The first kappa shape index (κ1) is 51.5. The average molecular weight is 757 g/mol. The SMILES string of the molecule is CC/C=C\C/C=C\C/C=C\C/C=C\C/C=C\C/C=C\CCCOCC(CO)OC(=O)CCCCCCCCC/C=C\C/C=C\C/C=C\C/C=C\C/C=C\CC. The number of esters is 1. The highest BCUT2D eigenvalue weighted by Gasteiger charge is 2.13. The van der Waals surface area contributed by atoms with Crippen LogP contribution in [0.3, 0.4) is 0 Å². The van der Waals surface area contributed by atoms with Gasteiger partial charge in [0.2, 0.25) is 0 Å². The van der Waals surface area contributed by atoms with E-state index in [-0.39, 0.29) is 19.2 Å². The maximum absolute atomic E-state index is 12.2. The number of hydrogen-bond acceptors (Lipinski definition) is 4. The molecule has 0 aromatic rings. The molecule has 55 heavy (non-hydrogen) atoms. The third kappa shape index (κ3) is 44.8. The number of ether oxygens (including phenoxy) is 2. The molecule has 0 spiro atoms. The molecule has 0 aromatic heterocycles. The first-order valence-corrected chi connectivity index (χ1v) is 21.8. The minimum atomic E-state index is -0.582. The number of allylic oxidation sites excluding steroid dienone is 22. The minimum Gasteiger partial charge on any atom is -0.457 e. The van der Waals surface area contributed by atoms with Crippen LogP contribution in [0.5, 0.6) is 0 Å². The van der Waals surface area contributed by atoms with Gasteiger partial charge in [0.25, 0.3) is 0 Å². The van der Waals surface area contributed by atoms with Crippen molar-refractivity contribution in [2.75, 3.05) is 19.8 Å². The summed E-state index contributed by atoms with van der Waals surface area (Å²) in [6.07, 6.45) is 70.9. The Labute approximate surface area is 339 Å². The van der Waals surface area contributed by atoms with Crippen LogP contribution >= 0.6 is 0 Å². The Morgan fingerprint density at radius 3 is 1.15 bits per heavy atom. The van der Waals surface area contributed by atoms with Gasteiger partial charge in [0.15, 0.2) is 0 Å². The van der Waals surface area contributed by atoms with E-state index in [4.69, 9.17) is 9.47 Å². The van der Waals surface area contributed by atoms with Crippen LogP contribution in [0.25, 0.3) is 0 Å². The summed E-state index contributed by atoms with van der Waals surface area (Å²) in [7, 11) is 0. The zero-order chi connectivity index (χ0) is 39.8. The topological polar surface area (TPSA) is 55.8 Å². The molecule has 0 aliphatic rings. The predicted octanol–water partition coefficient (Wildman–Crippen LogP) is 14.6. The number of hydrogen-bond donors (Lipinski definition) is 1. The average Bonchev–Trinajstić information content (AvgIpc) is 3.19. The number of rotatable bonds is 38. The van der Waals surface area contributed by atoms with Gasteiger partial charge < -0.3 is 14.6 Å². The highest BCUT2D eigenvalue weighted by atomic mass is 16.6. The van der Waals surface area contributed by atoms with E-state index < -0.39 is 6.10 Å². The molecule has 4 heteroatoms. The molecule has 0 rings (SSSR count). The normalized spacial score (nSPS) is 13.7. The lowest BCUT2D eigenvalue weighted by Crippen LogP contribution is -2.27. The molecule has 0 radical (unpaired) electrons. The smallest absolute Gasteiger partial charge is 0.306 e. The minimum absolute atomic E-state index is 0.210. The fraction of sp³-hybridized carbons (Fsp3) is 0.549. The van der Waals surface area contributed by atoms with Crippen LogP contribution in [-0.4, -0.2) is 37.0 Å². The van der Waals surface area contributed by atoms with Crippen molar-refractivity contribution in [3.05, 3.63) is 134 Å². The molecule has 0 aliphatic heterocycles. The molecule has 0 amide bonds. The molecular formula is C51H80O4. The van der Waals surface area contributed by atoms with Crippen molar-refractivity contribution < 1.29 is 19.4 Å². The Kier molecular flexibility index (Phi) is 43.7. The van der Waals surface area contributed by atoms with Crippen LogP contribution in [0.1, 0.15) is 155 Å². The van der Waals surface area contributed by atoms with Crippen LogP contribution in [0.15, 0.2) is 134 Å². The van der Waals surface area contributed by atoms with Gasteiger partial charge >= 0.3 is 5.97 Å². The van der Waals surface area contributed by atoms with Gasteiger partial charge in [-0.3, -0.25) is 4.79 Å². The van der Waals surface area contributed by atoms with Crippen LogP contribution in [0, 0.1) is 0 Å². The van der Waals surface area contributed by atoms with Gasteiger partial charge in [-0.05, 0) is 103 Å². The van der Waals surface area contributed by atoms with Gasteiger partial charge in [0.1, 0.15) is 6.10 Å². The van der Waals surface area contributed by atoms with Crippen LogP contribution in [-0.2, 0) is 14.3 Å². The molecule has 308 valence electrons.